The van der Waals surface area contributed by atoms with Crippen LogP contribution in [0.2, 0.25) is 0 Å². The normalized spacial score (nSPS) is 11.2. The van der Waals surface area contributed by atoms with Gasteiger partial charge < -0.3 is 20.7 Å². The number of nitrogens with one attached hydrogen (secondary N) is 3. The van der Waals surface area contributed by atoms with E-state index in [0.717, 1.165) is 62.4 Å². The lowest BCUT2D eigenvalue weighted by Crippen LogP contribution is -2.15. The van der Waals surface area contributed by atoms with Crippen molar-refractivity contribution in [2.45, 2.75) is 13.0 Å². The predicted molar refractivity (Wildman–Crippen MR) is 135 cm³/mol. The number of thiophene rings is 1. The van der Waals surface area contributed by atoms with E-state index in [9.17, 15) is 5.26 Å². The zero-order valence-corrected chi connectivity index (χ0v) is 18.7. The molecule has 2 aromatic carbocycles. The monoisotopic (exact) mass is 453 g/mol. The smallest absolute Gasteiger partial charge is 0.126 e. The van der Waals surface area contributed by atoms with Crippen LogP contribution < -0.4 is 10.6 Å². The molecule has 0 unspecified atom stereocenters. The first kappa shape index (κ1) is 21.2. The molecule has 33 heavy (non-hydrogen) atoms. The van der Waals surface area contributed by atoms with E-state index < -0.39 is 0 Å². The van der Waals surface area contributed by atoms with E-state index in [0.29, 0.717) is 5.56 Å². The minimum absolute atomic E-state index is 0.196. The van der Waals surface area contributed by atoms with Crippen LogP contribution in [0.5, 0.6) is 0 Å². The quantitative estimate of drug-likeness (QED) is 0.232. The van der Waals surface area contributed by atoms with E-state index in [1.165, 1.54) is 5.56 Å². The highest BCUT2D eigenvalue weighted by Gasteiger charge is 2.14. The van der Waals surface area contributed by atoms with Gasteiger partial charge in [0.25, 0.3) is 0 Å². The molecule has 0 bridgehead atoms. The number of rotatable bonds is 8. The minimum atomic E-state index is 0.196. The number of pyridine rings is 1. The zero-order chi connectivity index (χ0) is 22.6. The molecule has 0 amide bonds. The van der Waals surface area contributed by atoms with Gasteiger partial charge in [0.2, 0.25) is 0 Å². The molecule has 6 nitrogen and oxygen atoms in total. The van der Waals surface area contributed by atoms with Crippen LogP contribution in [-0.4, -0.2) is 28.2 Å². The SMILES string of the molecule is N#Cc1cnc2sc(-c3cccc(CNCCCO)c3)cc2c1Nc1ccc2[nH]ccc2c1. The summed E-state index contributed by atoms with van der Waals surface area (Å²) >= 11 is 1.62. The molecule has 0 aliphatic rings. The Balaban J connectivity index is 1.48. The Labute approximate surface area is 195 Å². The van der Waals surface area contributed by atoms with Crippen molar-refractivity contribution in [3.63, 3.8) is 0 Å². The molecular formula is C26H23N5OS. The standard InChI is InChI=1S/C26H23N5OS/c27-14-20-16-30-26-22(25(20)31-21-5-6-23-18(12-21)7-9-29-23)13-24(33-26)19-4-1-3-17(11-19)15-28-8-2-10-32/h1,3-7,9,11-13,16,28-29,32H,2,8,10,15H2,(H,30,31). The number of aromatic amines is 1. The number of aliphatic hydroxyl groups is 1. The number of H-pyrrole nitrogens is 1. The third-order valence-electron chi connectivity index (χ3n) is 5.56. The lowest BCUT2D eigenvalue weighted by molar-refractivity contribution is 0.286. The van der Waals surface area contributed by atoms with Gasteiger partial charge >= 0.3 is 0 Å². The summed E-state index contributed by atoms with van der Waals surface area (Å²) in [4.78, 5) is 9.75. The van der Waals surface area contributed by atoms with E-state index in [-0.39, 0.29) is 6.61 Å². The summed E-state index contributed by atoms with van der Waals surface area (Å²) in [5, 5.41) is 27.5. The van der Waals surface area contributed by atoms with Gasteiger partial charge in [-0.15, -0.1) is 11.3 Å². The summed E-state index contributed by atoms with van der Waals surface area (Å²) in [6, 6.07) is 21.0. The molecule has 4 N–H and O–H groups in total. The molecule has 0 saturated heterocycles. The molecular weight excluding hydrogens is 430 g/mol. The van der Waals surface area contributed by atoms with Crippen molar-refractivity contribution in [2.24, 2.45) is 0 Å². The number of fused-ring (bicyclic) bond motifs is 2. The molecule has 7 heteroatoms. The Morgan fingerprint density at radius 2 is 2.06 bits per heavy atom. The summed E-state index contributed by atoms with van der Waals surface area (Å²) in [6.07, 6.45) is 4.30. The number of nitrogens with zero attached hydrogens (tertiary/aromatic N) is 2. The van der Waals surface area contributed by atoms with Crippen molar-refractivity contribution in [3.05, 3.63) is 78.1 Å². The number of nitriles is 1. The first-order valence-electron chi connectivity index (χ1n) is 10.8. The van der Waals surface area contributed by atoms with Crippen LogP contribution in [-0.2, 0) is 6.54 Å². The lowest BCUT2D eigenvalue weighted by Gasteiger charge is -2.09. The van der Waals surface area contributed by atoms with Crippen molar-refractivity contribution < 1.29 is 5.11 Å². The second-order valence-electron chi connectivity index (χ2n) is 7.85. The largest absolute Gasteiger partial charge is 0.396 e. The van der Waals surface area contributed by atoms with Crippen LogP contribution >= 0.6 is 11.3 Å². The molecule has 0 aliphatic heterocycles. The van der Waals surface area contributed by atoms with Crippen molar-refractivity contribution in [1.82, 2.24) is 15.3 Å². The van der Waals surface area contributed by atoms with Gasteiger partial charge in [0.05, 0.1) is 11.3 Å². The molecule has 5 rings (SSSR count). The Bertz CT molecular complexity index is 1460. The Morgan fingerprint density at radius 3 is 2.94 bits per heavy atom. The second kappa shape index (κ2) is 9.43. The molecule has 0 aliphatic carbocycles. The van der Waals surface area contributed by atoms with Gasteiger partial charge in [-0.2, -0.15) is 5.26 Å². The van der Waals surface area contributed by atoms with Crippen LogP contribution in [0.4, 0.5) is 11.4 Å². The van der Waals surface area contributed by atoms with Crippen molar-refractivity contribution in [3.8, 4) is 16.5 Å². The average Bonchev–Trinajstić information content (AvgIpc) is 3.49. The maximum atomic E-state index is 9.72. The first-order chi connectivity index (χ1) is 16.2. The van der Waals surface area contributed by atoms with Gasteiger partial charge in [0, 0.05) is 52.4 Å². The van der Waals surface area contributed by atoms with Crippen LogP contribution in [0.1, 0.15) is 17.5 Å². The number of hydrogen-bond acceptors (Lipinski definition) is 6. The zero-order valence-electron chi connectivity index (χ0n) is 17.9. The summed E-state index contributed by atoms with van der Waals surface area (Å²) < 4.78 is 0. The number of hydrogen-bond donors (Lipinski definition) is 4. The summed E-state index contributed by atoms with van der Waals surface area (Å²) in [7, 11) is 0. The van der Waals surface area contributed by atoms with Crippen molar-refractivity contribution >= 4 is 43.8 Å². The molecule has 5 aromatic rings. The third kappa shape index (κ3) is 4.45. The minimum Gasteiger partial charge on any atom is -0.396 e. The fraction of sp³-hybridized carbons (Fsp3) is 0.154. The summed E-state index contributed by atoms with van der Waals surface area (Å²) in [5.41, 5.74) is 5.60. The summed E-state index contributed by atoms with van der Waals surface area (Å²) in [6.45, 7) is 1.74. The number of anilines is 2. The molecule has 0 fully saturated rings. The molecule has 3 aromatic heterocycles. The van der Waals surface area contributed by atoms with Crippen molar-refractivity contribution in [2.75, 3.05) is 18.5 Å². The van der Waals surface area contributed by atoms with Gasteiger partial charge in [-0.3, -0.25) is 0 Å². The van der Waals surface area contributed by atoms with E-state index in [1.54, 1.807) is 17.5 Å². The Morgan fingerprint density at radius 1 is 1.12 bits per heavy atom. The van der Waals surface area contributed by atoms with Gasteiger partial charge in [-0.05, 0) is 60.5 Å². The lowest BCUT2D eigenvalue weighted by atomic mass is 10.1. The first-order valence-corrected chi connectivity index (χ1v) is 11.6. The van der Waals surface area contributed by atoms with Gasteiger partial charge in [-0.25, -0.2) is 4.98 Å². The van der Waals surface area contributed by atoms with Gasteiger partial charge in [0.1, 0.15) is 10.9 Å². The molecule has 3 heterocycles. The number of benzene rings is 2. The highest BCUT2D eigenvalue weighted by atomic mass is 32.1. The van der Waals surface area contributed by atoms with E-state index in [1.807, 2.05) is 24.4 Å². The number of aliphatic hydroxyl groups excluding tert-OH is 1. The maximum absolute atomic E-state index is 9.72. The molecule has 0 radical (unpaired) electrons. The highest BCUT2D eigenvalue weighted by molar-refractivity contribution is 7.22. The Kier molecular flexibility index (Phi) is 6.05. The topological polar surface area (TPSA) is 96.8 Å². The molecule has 0 spiro atoms. The van der Waals surface area contributed by atoms with Crippen molar-refractivity contribution in [1.29, 1.82) is 5.26 Å². The van der Waals surface area contributed by atoms with E-state index in [4.69, 9.17) is 5.11 Å². The fourth-order valence-electron chi connectivity index (χ4n) is 3.90. The average molecular weight is 454 g/mol. The molecule has 0 atom stereocenters. The fourth-order valence-corrected chi connectivity index (χ4v) is 4.90. The summed E-state index contributed by atoms with van der Waals surface area (Å²) in [5.74, 6) is 0. The van der Waals surface area contributed by atoms with Crippen LogP contribution in [0.3, 0.4) is 0 Å². The van der Waals surface area contributed by atoms with Crippen LogP contribution in [0.15, 0.2) is 67.0 Å². The number of aromatic nitrogens is 2. The predicted octanol–water partition coefficient (Wildman–Crippen LogP) is 5.53. The van der Waals surface area contributed by atoms with Crippen LogP contribution in [0.25, 0.3) is 31.6 Å². The third-order valence-corrected chi connectivity index (χ3v) is 6.65. The molecule has 0 saturated carbocycles. The van der Waals surface area contributed by atoms with E-state index in [2.05, 4.69) is 63.1 Å². The van der Waals surface area contributed by atoms with Gasteiger partial charge in [-0.1, -0.05) is 18.2 Å². The van der Waals surface area contributed by atoms with Gasteiger partial charge in [0.15, 0.2) is 0 Å². The van der Waals surface area contributed by atoms with E-state index >= 15 is 0 Å². The highest BCUT2D eigenvalue weighted by Crippen LogP contribution is 2.38. The maximum Gasteiger partial charge on any atom is 0.126 e. The second-order valence-corrected chi connectivity index (χ2v) is 8.88. The Hall–Kier alpha value is -3.70. The van der Waals surface area contributed by atoms with Crippen LogP contribution in [0, 0.1) is 11.3 Å². The molecule has 164 valence electrons.